The lowest BCUT2D eigenvalue weighted by Crippen LogP contribution is -2.30. The van der Waals surface area contributed by atoms with Gasteiger partial charge in [0.1, 0.15) is 13.2 Å². The highest BCUT2D eigenvalue weighted by atomic mass is 16.6. The number of esters is 3. The maximum absolute atomic E-state index is 12.9. The lowest BCUT2D eigenvalue weighted by molar-refractivity contribution is -0.167. The zero-order valence-electron chi connectivity index (χ0n) is 46.7. The molecule has 0 unspecified atom stereocenters. The van der Waals surface area contributed by atoms with E-state index in [2.05, 4.69) is 106 Å². The van der Waals surface area contributed by atoms with Crippen molar-refractivity contribution in [2.75, 3.05) is 13.2 Å². The van der Waals surface area contributed by atoms with Crippen LogP contribution in [0.5, 0.6) is 0 Å². The number of rotatable bonds is 54. The standard InChI is InChI=1S/C65H112O6/c1-4-7-10-13-16-19-22-25-28-30-32-34-37-40-43-46-49-52-55-58-64(67)70-61-62(60-69-63(66)57-54-51-48-45-42-39-36-27-24-21-18-15-12-9-6-3)71-65(68)59-56-53-50-47-44-41-38-35-33-31-29-26-23-20-17-14-11-8-5-2/h16-21,25-29,36,42,45,62H,4-15,22-24,30-35,37-41,43-44,46-61H2,1-3H3/b19-16-,20-17-,21-18-,28-25-,29-26-,36-27-,45-42-/t62-/m1/s1. The Balaban J connectivity index is 4.43. The van der Waals surface area contributed by atoms with Crippen LogP contribution < -0.4 is 0 Å². The first-order valence-electron chi connectivity index (χ1n) is 30.1. The predicted molar refractivity (Wildman–Crippen MR) is 307 cm³/mol. The topological polar surface area (TPSA) is 78.9 Å². The van der Waals surface area contributed by atoms with E-state index in [1.54, 1.807) is 0 Å². The largest absolute Gasteiger partial charge is 0.462 e. The summed E-state index contributed by atoms with van der Waals surface area (Å²) < 4.78 is 16.9. The van der Waals surface area contributed by atoms with Crippen LogP contribution in [0.25, 0.3) is 0 Å². The molecule has 0 heterocycles. The van der Waals surface area contributed by atoms with Gasteiger partial charge in [-0.1, -0.05) is 234 Å². The molecule has 0 aromatic rings. The summed E-state index contributed by atoms with van der Waals surface area (Å²) in [6.07, 6.45) is 77.1. The van der Waals surface area contributed by atoms with Crippen LogP contribution in [0, 0.1) is 0 Å². The SMILES string of the molecule is CCCCC/C=C\C/C=C\C/C=C\CCCCC(=O)OC[C@H](COC(=O)CCCCCCCCCCC/C=C\C/C=C\CCCCC)OC(=O)CCCCCCCCCCC/C=C\C/C=C\CCCCC. The Morgan fingerprint density at radius 1 is 0.282 bits per heavy atom. The van der Waals surface area contributed by atoms with Gasteiger partial charge in [0.15, 0.2) is 6.10 Å². The second-order valence-electron chi connectivity index (χ2n) is 19.9. The van der Waals surface area contributed by atoms with Gasteiger partial charge in [0.05, 0.1) is 0 Å². The first kappa shape index (κ1) is 67.6. The Morgan fingerprint density at radius 3 is 0.817 bits per heavy atom. The normalized spacial score (nSPS) is 12.7. The number of hydrogen-bond acceptors (Lipinski definition) is 6. The minimum atomic E-state index is -0.797. The molecule has 0 saturated carbocycles. The van der Waals surface area contributed by atoms with E-state index in [-0.39, 0.29) is 31.1 Å². The molecule has 0 aromatic heterocycles. The molecule has 0 N–H and O–H groups in total. The van der Waals surface area contributed by atoms with Gasteiger partial charge in [-0.25, -0.2) is 0 Å². The summed E-state index contributed by atoms with van der Waals surface area (Å²) in [5, 5.41) is 0. The van der Waals surface area contributed by atoms with Crippen molar-refractivity contribution < 1.29 is 28.6 Å². The summed E-state index contributed by atoms with van der Waals surface area (Å²) >= 11 is 0. The van der Waals surface area contributed by atoms with Crippen molar-refractivity contribution in [2.24, 2.45) is 0 Å². The van der Waals surface area contributed by atoms with Gasteiger partial charge in [-0.3, -0.25) is 14.4 Å². The van der Waals surface area contributed by atoms with Crippen LogP contribution in [0.15, 0.2) is 85.1 Å². The summed E-state index contributed by atoms with van der Waals surface area (Å²) in [5.74, 6) is -0.932. The molecular weight excluding hydrogens is 877 g/mol. The van der Waals surface area contributed by atoms with Crippen LogP contribution in [-0.4, -0.2) is 37.2 Å². The van der Waals surface area contributed by atoms with Crippen molar-refractivity contribution in [1.82, 2.24) is 0 Å². The summed E-state index contributed by atoms with van der Waals surface area (Å²) in [4.78, 5) is 38.2. The molecule has 0 spiro atoms. The Morgan fingerprint density at radius 2 is 0.507 bits per heavy atom. The molecule has 0 fully saturated rings. The number of unbranched alkanes of at least 4 members (excludes halogenated alkanes) is 29. The highest BCUT2D eigenvalue weighted by Crippen LogP contribution is 2.15. The van der Waals surface area contributed by atoms with E-state index in [0.717, 1.165) is 83.5 Å². The molecule has 1 atom stereocenters. The highest BCUT2D eigenvalue weighted by molar-refractivity contribution is 5.71. The molecule has 0 amide bonds. The minimum Gasteiger partial charge on any atom is -0.462 e. The van der Waals surface area contributed by atoms with Gasteiger partial charge in [-0.15, -0.1) is 0 Å². The summed E-state index contributed by atoms with van der Waals surface area (Å²) in [6, 6.07) is 0. The molecule has 0 aliphatic rings. The molecule has 0 radical (unpaired) electrons. The maximum Gasteiger partial charge on any atom is 0.306 e. The smallest absolute Gasteiger partial charge is 0.306 e. The molecule has 6 nitrogen and oxygen atoms in total. The summed E-state index contributed by atoms with van der Waals surface area (Å²) in [5.41, 5.74) is 0. The van der Waals surface area contributed by atoms with Crippen molar-refractivity contribution >= 4 is 17.9 Å². The van der Waals surface area contributed by atoms with E-state index in [0.29, 0.717) is 19.3 Å². The van der Waals surface area contributed by atoms with E-state index in [9.17, 15) is 14.4 Å². The summed E-state index contributed by atoms with van der Waals surface area (Å²) in [7, 11) is 0. The number of ether oxygens (including phenoxy) is 3. The van der Waals surface area contributed by atoms with E-state index < -0.39 is 6.10 Å². The van der Waals surface area contributed by atoms with Gasteiger partial charge < -0.3 is 14.2 Å². The van der Waals surface area contributed by atoms with Crippen LogP contribution in [-0.2, 0) is 28.6 Å². The van der Waals surface area contributed by atoms with Crippen molar-refractivity contribution in [3.8, 4) is 0 Å². The molecule has 0 aliphatic carbocycles. The van der Waals surface area contributed by atoms with Crippen LogP contribution in [0.1, 0.15) is 290 Å². The van der Waals surface area contributed by atoms with Gasteiger partial charge in [-0.05, 0) is 122 Å². The zero-order chi connectivity index (χ0) is 51.4. The predicted octanol–water partition coefficient (Wildman–Crippen LogP) is 20.3. The van der Waals surface area contributed by atoms with Gasteiger partial charge >= 0.3 is 17.9 Å². The molecule has 0 aromatic carbocycles. The molecule has 0 saturated heterocycles. The molecule has 6 heteroatoms. The highest BCUT2D eigenvalue weighted by Gasteiger charge is 2.19. The third kappa shape index (κ3) is 57.4. The third-order valence-corrected chi connectivity index (χ3v) is 12.8. The van der Waals surface area contributed by atoms with E-state index in [4.69, 9.17) is 14.2 Å². The van der Waals surface area contributed by atoms with E-state index in [1.165, 1.54) is 167 Å². The molecule has 408 valence electrons. The van der Waals surface area contributed by atoms with Gasteiger partial charge in [0.2, 0.25) is 0 Å². The van der Waals surface area contributed by atoms with Crippen molar-refractivity contribution in [1.29, 1.82) is 0 Å². The fraction of sp³-hybridized carbons (Fsp3) is 0.738. The number of carbonyl (C=O) groups excluding carboxylic acids is 3. The van der Waals surface area contributed by atoms with E-state index >= 15 is 0 Å². The first-order chi connectivity index (χ1) is 35.0. The minimum absolute atomic E-state index is 0.0921. The lowest BCUT2D eigenvalue weighted by atomic mass is 10.1. The lowest BCUT2D eigenvalue weighted by Gasteiger charge is -2.18. The van der Waals surface area contributed by atoms with Crippen LogP contribution in [0.4, 0.5) is 0 Å². The van der Waals surface area contributed by atoms with Crippen LogP contribution in [0.2, 0.25) is 0 Å². The number of hydrogen-bond donors (Lipinski definition) is 0. The Labute approximate surface area is 439 Å². The van der Waals surface area contributed by atoms with Crippen molar-refractivity contribution in [2.45, 2.75) is 297 Å². The summed E-state index contributed by atoms with van der Waals surface area (Å²) in [6.45, 7) is 6.54. The van der Waals surface area contributed by atoms with Crippen LogP contribution in [0.3, 0.4) is 0 Å². The Kier molecular flexibility index (Phi) is 56.3. The van der Waals surface area contributed by atoms with Gasteiger partial charge in [0, 0.05) is 19.3 Å². The third-order valence-electron chi connectivity index (χ3n) is 12.8. The molecular formula is C65H112O6. The Bertz CT molecular complexity index is 1370. The molecule has 0 rings (SSSR count). The van der Waals surface area contributed by atoms with Gasteiger partial charge in [0.25, 0.3) is 0 Å². The van der Waals surface area contributed by atoms with Crippen molar-refractivity contribution in [3.63, 3.8) is 0 Å². The van der Waals surface area contributed by atoms with Crippen molar-refractivity contribution in [3.05, 3.63) is 85.1 Å². The van der Waals surface area contributed by atoms with E-state index in [1.807, 2.05) is 0 Å². The second kappa shape index (κ2) is 59.2. The van der Waals surface area contributed by atoms with Crippen LogP contribution >= 0.6 is 0 Å². The fourth-order valence-corrected chi connectivity index (χ4v) is 8.27. The molecule has 0 aliphatic heterocycles. The number of allylic oxidation sites excluding steroid dienone is 14. The molecule has 0 bridgehead atoms. The van der Waals surface area contributed by atoms with Gasteiger partial charge in [-0.2, -0.15) is 0 Å². The average molecular weight is 990 g/mol. The zero-order valence-corrected chi connectivity index (χ0v) is 46.7. The quantitative estimate of drug-likeness (QED) is 0.0261. The maximum atomic E-state index is 12.9. The first-order valence-corrected chi connectivity index (χ1v) is 30.1. The molecule has 71 heavy (non-hydrogen) atoms. The fourth-order valence-electron chi connectivity index (χ4n) is 8.27. The number of carbonyl (C=O) groups is 3. The second-order valence-corrected chi connectivity index (χ2v) is 19.9. The Hall–Kier alpha value is -3.41. The monoisotopic (exact) mass is 989 g/mol. The average Bonchev–Trinajstić information content (AvgIpc) is 3.37.